The number of amides is 2. The summed E-state index contributed by atoms with van der Waals surface area (Å²) in [5.41, 5.74) is 11.9. The lowest BCUT2D eigenvalue weighted by atomic mass is 9.97. The van der Waals surface area contributed by atoms with Gasteiger partial charge < -0.3 is 15.6 Å². The number of nitrogens with zero attached hydrogens (tertiary/aromatic N) is 5. The van der Waals surface area contributed by atoms with Crippen LogP contribution in [0.15, 0.2) is 85.5 Å². The third-order valence-corrected chi connectivity index (χ3v) is 6.03. The Labute approximate surface area is 218 Å². The molecule has 10 nitrogen and oxygen atoms in total. The van der Waals surface area contributed by atoms with E-state index in [1.807, 2.05) is 48.0 Å². The Balaban J connectivity index is 1.56. The van der Waals surface area contributed by atoms with Crippen LogP contribution in [0.5, 0.6) is 0 Å². The van der Waals surface area contributed by atoms with Gasteiger partial charge >= 0.3 is 0 Å². The summed E-state index contributed by atoms with van der Waals surface area (Å²) in [7, 11) is 1.91. The molecule has 10 heteroatoms. The summed E-state index contributed by atoms with van der Waals surface area (Å²) in [6, 6.07) is 16.3. The highest BCUT2D eigenvalue weighted by molar-refractivity contribution is 6.09. The summed E-state index contributed by atoms with van der Waals surface area (Å²) in [6.45, 7) is 5.33. The molecule has 0 saturated carbocycles. The van der Waals surface area contributed by atoms with Gasteiger partial charge in [0.25, 0.3) is 11.8 Å². The zero-order valence-corrected chi connectivity index (χ0v) is 20.8. The van der Waals surface area contributed by atoms with Crippen LogP contribution in [0.1, 0.15) is 17.3 Å². The van der Waals surface area contributed by atoms with E-state index in [0.717, 1.165) is 22.4 Å². The minimum atomic E-state index is -0.323. The predicted molar refractivity (Wildman–Crippen MR) is 147 cm³/mol. The number of hydrogen-bond donors (Lipinski definition) is 3. The second kappa shape index (κ2) is 9.94. The van der Waals surface area contributed by atoms with Crippen molar-refractivity contribution in [3.8, 4) is 22.4 Å². The predicted octanol–water partition coefficient (Wildman–Crippen LogP) is 4.44. The normalized spacial score (nSPS) is 10.8. The van der Waals surface area contributed by atoms with Crippen molar-refractivity contribution in [2.45, 2.75) is 6.92 Å². The summed E-state index contributed by atoms with van der Waals surface area (Å²) < 4.78 is 1.96. The van der Waals surface area contributed by atoms with Gasteiger partial charge in [0.05, 0.1) is 11.1 Å². The van der Waals surface area contributed by atoms with Crippen LogP contribution in [-0.4, -0.2) is 36.3 Å². The van der Waals surface area contributed by atoms with E-state index >= 15 is 0 Å². The zero-order chi connectivity index (χ0) is 26.8. The number of aromatic nitrogens is 5. The largest absolute Gasteiger partial charge is 0.383 e. The van der Waals surface area contributed by atoms with E-state index in [0.29, 0.717) is 33.7 Å². The van der Waals surface area contributed by atoms with Crippen molar-refractivity contribution < 1.29 is 9.59 Å². The number of nitrogens with one attached hydrogen (secondary N) is 2. The minimum Gasteiger partial charge on any atom is -0.383 e. The molecule has 3 heterocycles. The van der Waals surface area contributed by atoms with Gasteiger partial charge in [-0.2, -0.15) is 0 Å². The topological polar surface area (TPSA) is 141 Å². The van der Waals surface area contributed by atoms with Gasteiger partial charge in [0.2, 0.25) is 5.95 Å². The lowest BCUT2D eigenvalue weighted by molar-refractivity contribution is -0.112. The molecule has 188 valence electrons. The standard InChI is InChI=1S/C28H24N8O2/c1-16(2)26(37)34-20-11-9-18(10-12-20)23-21(22-24(29)32-15-33-25(22)36(23)3)17-5-7-19(8-6-17)27(38)35-28-30-13-4-14-31-28/h4-15H,1H2,2-3H3,(H,34,37)(H2,29,32,33)(H,30,31,35,38). The molecule has 0 unspecified atom stereocenters. The summed E-state index contributed by atoms with van der Waals surface area (Å²) in [5.74, 6) is 0.0103. The average Bonchev–Trinajstić information content (AvgIpc) is 3.23. The number of benzene rings is 2. The first kappa shape index (κ1) is 24.3. The molecule has 3 aromatic heterocycles. The molecule has 2 amide bonds. The van der Waals surface area contributed by atoms with E-state index in [-0.39, 0.29) is 17.8 Å². The number of nitrogens with two attached hydrogens (primary N) is 1. The van der Waals surface area contributed by atoms with Gasteiger partial charge in [0.15, 0.2) is 0 Å². The van der Waals surface area contributed by atoms with E-state index < -0.39 is 0 Å². The van der Waals surface area contributed by atoms with Crippen LogP contribution in [-0.2, 0) is 11.8 Å². The third-order valence-electron chi connectivity index (χ3n) is 6.03. The quantitative estimate of drug-likeness (QED) is 0.290. The van der Waals surface area contributed by atoms with Crippen LogP contribution >= 0.6 is 0 Å². The number of rotatable bonds is 6. The second-order valence-corrected chi connectivity index (χ2v) is 8.66. The fourth-order valence-electron chi connectivity index (χ4n) is 4.17. The molecule has 38 heavy (non-hydrogen) atoms. The Bertz CT molecular complexity index is 1670. The lowest BCUT2D eigenvalue weighted by Gasteiger charge is -2.11. The van der Waals surface area contributed by atoms with Crippen LogP contribution in [0.3, 0.4) is 0 Å². The monoisotopic (exact) mass is 504 g/mol. The highest BCUT2D eigenvalue weighted by atomic mass is 16.2. The molecule has 2 aromatic carbocycles. The Morgan fingerprint density at radius 3 is 2.21 bits per heavy atom. The summed E-state index contributed by atoms with van der Waals surface area (Å²) in [6.07, 6.45) is 4.54. The Morgan fingerprint density at radius 1 is 0.895 bits per heavy atom. The molecule has 0 aliphatic rings. The van der Waals surface area contributed by atoms with E-state index in [1.54, 1.807) is 37.5 Å². The maximum atomic E-state index is 12.7. The number of carbonyl (C=O) groups is 2. The Kier molecular flexibility index (Phi) is 6.36. The van der Waals surface area contributed by atoms with Crippen molar-refractivity contribution in [3.63, 3.8) is 0 Å². The van der Waals surface area contributed by atoms with Crippen LogP contribution in [0, 0.1) is 0 Å². The van der Waals surface area contributed by atoms with Crippen molar-refractivity contribution in [2.75, 3.05) is 16.4 Å². The van der Waals surface area contributed by atoms with Gasteiger partial charge in [0.1, 0.15) is 17.8 Å². The molecule has 5 aromatic rings. The number of fused-ring (bicyclic) bond motifs is 1. The van der Waals surface area contributed by atoms with Gasteiger partial charge in [0, 0.05) is 41.8 Å². The lowest BCUT2D eigenvalue weighted by Crippen LogP contribution is -2.13. The number of nitrogen functional groups attached to an aromatic ring is 1. The van der Waals surface area contributed by atoms with Gasteiger partial charge in [-0.3, -0.25) is 14.9 Å². The van der Waals surface area contributed by atoms with Crippen molar-refractivity contribution in [1.82, 2.24) is 24.5 Å². The zero-order valence-electron chi connectivity index (χ0n) is 20.8. The molecular formula is C28H24N8O2. The van der Waals surface area contributed by atoms with Crippen molar-refractivity contribution >= 4 is 40.3 Å². The fourth-order valence-corrected chi connectivity index (χ4v) is 4.17. The molecule has 5 rings (SSSR count). The van der Waals surface area contributed by atoms with E-state index in [9.17, 15) is 9.59 Å². The highest BCUT2D eigenvalue weighted by Gasteiger charge is 2.22. The first-order valence-electron chi connectivity index (χ1n) is 11.7. The SMILES string of the molecule is C=C(C)C(=O)Nc1ccc(-c2c(-c3ccc(C(=O)Nc4ncccn4)cc3)c3c(N)ncnc3n2C)cc1. The fraction of sp³-hybridized carbons (Fsp3) is 0.0714. The van der Waals surface area contributed by atoms with E-state index in [4.69, 9.17) is 5.73 Å². The van der Waals surface area contributed by atoms with Gasteiger partial charge in [-0.1, -0.05) is 30.8 Å². The van der Waals surface area contributed by atoms with Gasteiger partial charge in [-0.15, -0.1) is 0 Å². The van der Waals surface area contributed by atoms with Gasteiger partial charge in [-0.25, -0.2) is 19.9 Å². The Morgan fingerprint density at radius 2 is 1.55 bits per heavy atom. The number of carbonyl (C=O) groups excluding carboxylic acids is 2. The minimum absolute atomic E-state index is 0.228. The molecular weight excluding hydrogens is 480 g/mol. The molecule has 4 N–H and O–H groups in total. The van der Waals surface area contributed by atoms with E-state index in [1.165, 1.54) is 6.33 Å². The average molecular weight is 505 g/mol. The van der Waals surface area contributed by atoms with Crippen LogP contribution in [0.2, 0.25) is 0 Å². The summed E-state index contributed by atoms with van der Waals surface area (Å²) >= 11 is 0. The molecule has 0 aliphatic carbocycles. The maximum Gasteiger partial charge on any atom is 0.258 e. The van der Waals surface area contributed by atoms with Crippen molar-refractivity contribution in [1.29, 1.82) is 0 Å². The second-order valence-electron chi connectivity index (χ2n) is 8.66. The van der Waals surface area contributed by atoms with Gasteiger partial charge in [-0.05, 0) is 48.4 Å². The molecule has 0 aliphatic heterocycles. The highest BCUT2D eigenvalue weighted by Crippen LogP contribution is 2.41. The molecule has 0 radical (unpaired) electrons. The summed E-state index contributed by atoms with van der Waals surface area (Å²) in [4.78, 5) is 41.5. The van der Waals surface area contributed by atoms with Crippen molar-refractivity contribution in [3.05, 3.63) is 91.0 Å². The van der Waals surface area contributed by atoms with Crippen LogP contribution < -0.4 is 16.4 Å². The van der Waals surface area contributed by atoms with Crippen LogP contribution in [0.4, 0.5) is 17.5 Å². The van der Waals surface area contributed by atoms with Crippen LogP contribution in [0.25, 0.3) is 33.4 Å². The number of anilines is 3. The molecule has 0 saturated heterocycles. The first-order chi connectivity index (χ1) is 18.3. The van der Waals surface area contributed by atoms with E-state index in [2.05, 4.69) is 37.1 Å². The smallest absolute Gasteiger partial charge is 0.258 e. The van der Waals surface area contributed by atoms with Crippen molar-refractivity contribution in [2.24, 2.45) is 7.05 Å². The molecule has 0 atom stereocenters. The number of aryl methyl sites for hydroxylation is 1. The first-order valence-corrected chi connectivity index (χ1v) is 11.7. The summed E-state index contributed by atoms with van der Waals surface area (Å²) in [5, 5.41) is 6.21. The maximum absolute atomic E-state index is 12.7. The Hall–Kier alpha value is -5.38. The third kappa shape index (κ3) is 4.58. The molecule has 0 bridgehead atoms. The molecule has 0 spiro atoms. The number of hydrogen-bond acceptors (Lipinski definition) is 7. The molecule has 0 fully saturated rings.